The smallest absolute Gasteiger partial charge is 0.0700 e. The fourth-order valence-electron chi connectivity index (χ4n) is 2.77. The molecule has 1 aliphatic rings. The van der Waals surface area contributed by atoms with Gasteiger partial charge in [-0.05, 0) is 33.2 Å². The fourth-order valence-corrected chi connectivity index (χ4v) is 2.77. The van der Waals surface area contributed by atoms with Gasteiger partial charge in [0, 0.05) is 38.9 Å². The lowest BCUT2D eigenvalue weighted by atomic mass is 10.2. The summed E-state index contributed by atoms with van der Waals surface area (Å²) in [6, 6.07) is 1.00. The van der Waals surface area contributed by atoms with Crippen molar-refractivity contribution in [2.45, 2.75) is 51.8 Å². The van der Waals surface area contributed by atoms with Crippen LogP contribution in [-0.2, 0) is 9.47 Å². The molecular formula is C14H30N2O2. The standard InChI is InChI=1S/C14H30N2O2/c1-5-16(13(3)11-17-4)12(2)9-15-10-14-7-6-8-18-14/h12-15H,5-11H2,1-4H3. The third kappa shape index (κ3) is 5.22. The predicted octanol–water partition coefficient (Wildman–Crippen LogP) is 1.50. The molecule has 0 amide bonds. The van der Waals surface area contributed by atoms with Crippen LogP contribution in [0.2, 0.25) is 0 Å². The van der Waals surface area contributed by atoms with Crippen molar-refractivity contribution in [3.63, 3.8) is 0 Å². The minimum atomic E-state index is 0.434. The molecule has 3 unspecified atom stereocenters. The maximum absolute atomic E-state index is 5.61. The van der Waals surface area contributed by atoms with E-state index in [0.29, 0.717) is 18.2 Å². The van der Waals surface area contributed by atoms with E-state index in [1.54, 1.807) is 7.11 Å². The number of likely N-dealkylation sites (N-methyl/N-ethyl adjacent to an activating group) is 1. The largest absolute Gasteiger partial charge is 0.383 e. The van der Waals surface area contributed by atoms with Crippen molar-refractivity contribution in [3.05, 3.63) is 0 Å². The maximum Gasteiger partial charge on any atom is 0.0700 e. The average molecular weight is 258 g/mol. The highest BCUT2D eigenvalue weighted by molar-refractivity contribution is 4.76. The number of nitrogens with one attached hydrogen (secondary N) is 1. The number of methoxy groups -OCH3 is 1. The molecule has 1 aliphatic heterocycles. The Labute approximate surface area is 112 Å². The minimum absolute atomic E-state index is 0.434. The molecule has 4 heteroatoms. The third-order valence-corrected chi connectivity index (χ3v) is 3.74. The predicted molar refractivity (Wildman–Crippen MR) is 75.0 cm³/mol. The summed E-state index contributed by atoms with van der Waals surface area (Å²) in [5, 5.41) is 3.53. The van der Waals surface area contributed by atoms with Gasteiger partial charge in [-0.1, -0.05) is 6.92 Å². The molecule has 1 N–H and O–H groups in total. The molecule has 0 spiro atoms. The van der Waals surface area contributed by atoms with E-state index in [2.05, 4.69) is 31.0 Å². The van der Waals surface area contributed by atoms with Crippen LogP contribution in [0.25, 0.3) is 0 Å². The molecular weight excluding hydrogens is 228 g/mol. The van der Waals surface area contributed by atoms with Crippen molar-refractivity contribution in [3.8, 4) is 0 Å². The number of hydrogen-bond acceptors (Lipinski definition) is 4. The van der Waals surface area contributed by atoms with Crippen LogP contribution in [0, 0.1) is 0 Å². The molecule has 1 rings (SSSR count). The van der Waals surface area contributed by atoms with Gasteiger partial charge < -0.3 is 14.8 Å². The van der Waals surface area contributed by atoms with E-state index in [4.69, 9.17) is 9.47 Å². The highest BCUT2D eigenvalue weighted by atomic mass is 16.5. The molecule has 18 heavy (non-hydrogen) atoms. The topological polar surface area (TPSA) is 33.7 Å². The zero-order valence-electron chi connectivity index (χ0n) is 12.4. The summed E-state index contributed by atoms with van der Waals surface area (Å²) in [6.07, 6.45) is 2.86. The van der Waals surface area contributed by atoms with Gasteiger partial charge in [0.05, 0.1) is 12.7 Å². The van der Waals surface area contributed by atoms with Gasteiger partial charge in [-0.3, -0.25) is 4.90 Å². The Bertz CT molecular complexity index is 208. The zero-order valence-corrected chi connectivity index (χ0v) is 12.4. The summed E-state index contributed by atoms with van der Waals surface area (Å²) in [5.74, 6) is 0. The lowest BCUT2D eigenvalue weighted by Crippen LogP contribution is -2.47. The Hall–Kier alpha value is -0.160. The SMILES string of the molecule is CCN(C(C)CNCC1CCCO1)C(C)COC. The molecule has 4 nitrogen and oxygen atoms in total. The summed E-state index contributed by atoms with van der Waals surface area (Å²) >= 11 is 0. The van der Waals surface area contributed by atoms with E-state index in [1.165, 1.54) is 12.8 Å². The van der Waals surface area contributed by atoms with Crippen LogP contribution in [0.15, 0.2) is 0 Å². The van der Waals surface area contributed by atoms with Gasteiger partial charge in [0.25, 0.3) is 0 Å². The first kappa shape index (κ1) is 15.9. The molecule has 0 saturated carbocycles. The number of hydrogen-bond donors (Lipinski definition) is 1. The van der Waals surface area contributed by atoms with Gasteiger partial charge in [0.2, 0.25) is 0 Å². The average Bonchev–Trinajstić information content (AvgIpc) is 2.83. The number of rotatable bonds is 9. The van der Waals surface area contributed by atoms with Gasteiger partial charge in [0.1, 0.15) is 0 Å². The molecule has 3 atom stereocenters. The van der Waals surface area contributed by atoms with Crippen LogP contribution < -0.4 is 5.32 Å². The van der Waals surface area contributed by atoms with E-state index < -0.39 is 0 Å². The Morgan fingerprint density at radius 2 is 2.17 bits per heavy atom. The second-order valence-electron chi connectivity index (χ2n) is 5.28. The molecule has 1 fully saturated rings. The van der Waals surface area contributed by atoms with E-state index in [1.807, 2.05) is 0 Å². The van der Waals surface area contributed by atoms with E-state index in [9.17, 15) is 0 Å². The summed E-state index contributed by atoms with van der Waals surface area (Å²) < 4.78 is 10.9. The molecule has 1 saturated heterocycles. The normalized spacial score (nSPS) is 23.5. The molecule has 0 bridgehead atoms. The van der Waals surface area contributed by atoms with Crippen LogP contribution >= 0.6 is 0 Å². The summed E-state index contributed by atoms with van der Waals surface area (Å²) in [7, 11) is 1.77. The molecule has 0 aromatic rings. The summed E-state index contributed by atoms with van der Waals surface area (Å²) in [5.41, 5.74) is 0. The van der Waals surface area contributed by atoms with Crippen LogP contribution in [0.3, 0.4) is 0 Å². The van der Waals surface area contributed by atoms with Crippen molar-refractivity contribution >= 4 is 0 Å². The van der Waals surface area contributed by atoms with Crippen LogP contribution in [0.4, 0.5) is 0 Å². The molecule has 0 aromatic heterocycles. The van der Waals surface area contributed by atoms with Gasteiger partial charge in [-0.2, -0.15) is 0 Å². The van der Waals surface area contributed by atoms with E-state index in [-0.39, 0.29) is 0 Å². The maximum atomic E-state index is 5.61. The van der Waals surface area contributed by atoms with Crippen molar-refractivity contribution in [2.24, 2.45) is 0 Å². The van der Waals surface area contributed by atoms with Gasteiger partial charge >= 0.3 is 0 Å². The van der Waals surface area contributed by atoms with Crippen molar-refractivity contribution < 1.29 is 9.47 Å². The van der Waals surface area contributed by atoms with Crippen LogP contribution in [0.1, 0.15) is 33.6 Å². The lowest BCUT2D eigenvalue weighted by molar-refractivity contribution is 0.0741. The third-order valence-electron chi connectivity index (χ3n) is 3.74. The first-order valence-electron chi connectivity index (χ1n) is 7.26. The lowest BCUT2D eigenvalue weighted by Gasteiger charge is -2.33. The van der Waals surface area contributed by atoms with Crippen LogP contribution in [-0.4, -0.2) is 63.0 Å². The highest BCUT2D eigenvalue weighted by Gasteiger charge is 2.19. The Morgan fingerprint density at radius 1 is 1.39 bits per heavy atom. The monoisotopic (exact) mass is 258 g/mol. The summed E-state index contributed by atoms with van der Waals surface area (Å²) in [6.45, 7) is 11.5. The van der Waals surface area contributed by atoms with Crippen LogP contribution in [0.5, 0.6) is 0 Å². The van der Waals surface area contributed by atoms with E-state index in [0.717, 1.165) is 32.8 Å². The minimum Gasteiger partial charge on any atom is -0.383 e. The van der Waals surface area contributed by atoms with Gasteiger partial charge in [0.15, 0.2) is 0 Å². The molecule has 1 heterocycles. The van der Waals surface area contributed by atoms with Gasteiger partial charge in [-0.15, -0.1) is 0 Å². The highest BCUT2D eigenvalue weighted by Crippen LogP contribution is 2.11. The zero-order chi connectivity index (χ0) is 13.4. The molecule has 0 radical (unpaired) electrons. The van der Waals surface area contributed by atoms with Crippen molar-refractivity contribution in [1.29, 1.82) is 0 Å². The quantitative estimate of drug-likeness (QED) is 0.679. The first-order valence-corrected chi connectivity index (χ1v) is 7.26. The fraction of sp³-hybridized carbons (Fsp3) is 1.00. The Kier molecular flexibility index (Phi) is 7.82. The second kappa shape index (κ2) is 8.86. The van der Waals surface area contributed by atoms with Gasteiger partial charge in [-0.25, -0.2) is 0 Å². The second-order valence-corrected chi connectivity index (χ2v) is 5.28. The molecule has 0 aliphatic carbocycles. The van der Waals surface area contributed by atoms with Crippen molar-refractivity contribution in [2.75, 3.05) is 40.0 Å². The number of nitrogens with zero attached hydrogens (tertiary/aromatic N) is 1. The molecule has 0 aromatic carbocycles. The first-order chi connectivity index (χ1) is 8.69. The number of ether oxygens (including phenoxy) is 2. The summed E-state index contributed by atoms with van der Waals surface area (Å²) in [4.78, 5) is 2.48. The molecule has 108 valence electrons. The van der Waals surface area contributed by atoms with E-state index >= 15 is 0 Å². The van der Waals surface area contributed by atoms with Crippen molar-refractivity contribution in [1.82, 2.24) is 10.2 Å². The Balaban J connectivity index is 2.21. The Morgan fingerprint density at radius 3 is 2.72 bits per heavy atom.